The normalized spacial score (nSPS) is 12.4. The maximum absolute atomic E-state index is 6.33. The lowest BCUT2D eigenvalue weighted by Gasteiger charge is -2.20. The molecule has 0 bridgehead atoms. The van der Waals surface area contributed by atoms with Crippen molar-refractivity contribution < 1.29 is 0 Å². The number of halogens is 2. The fraction of sp³-hybridized carbons (Fsp3) is 0.250. The van der Waals surface area contributed by atoms with Gasteiger partial charge in [-0.2, -0.15) is 0 Å². The van der Waals surface area contributed by atoms with Crippen molar-refractivity contribution in [2.45, 2.75) is 17.9 Å². The van der Waals surface area contributed by atoms with E-state index in [1.165, 1.54) is 10.5 Å². The lowest BCUT2D eigenvalue weighted by atomic mass is 9.98. The maximum Gasteiger partial charge on any atom is 0.0591 e. The fourth-order valence-corrected chi connectivity index (χ4v) is 2.96. The summed E-state index contributed by atoms with van der Waals surface area (Å²) in [5.74, 6) is 0. The minimum Gasteiger partial charge on any atom is -0.306 e. The monoisotopic (exact) mass is 325 g/mol. The summed E-state index contributed by atoms with van der Waals surface area (Å²) in [5, 5.41) is 4.90. The zero-order chi connectivity index (χ0) is 14.5. The Bertz CT molecular complexity index is 569. The van der Waals surface area contributed by atoms with E-state index in [1.807, 2.05) is 18.2 Å². The molecule has 20 heavy (non-hydrogen) atoms. The number of hydrogen-bond donors (Lipinski definition) is 1. The van der Waals surface area contributed by atoms with Gasteiger partial charge in [0.25, 0.3) is 0 Å². The number of rotatable bonds is 5. The van der Waals surface area contributed by atoms with Gasteiger partial charge >= 0.3 is 0 Å². The van der Waals surface area contributed by atoms with Gasteiger partial charge in [0, 0.05) is 14.9 Å². The van der Waals surface area contributed by atoms with Crippen molar-refractivity contribution in [1.82, 2.24) is 5.32 Å². The molecule has 0 aromatic heterocycles. The topological polar surface area (TPSA) is 12.0 Å². The largest absolute Gasteiger partial charge is 0.306 e. The lowest BCUT2D eigenvalue weighted by Crippen LogP contribution is -2.22. The first kappa shape index (κ1) is 15.7. The molecule has 0 spiro atoms. The minimum absolute atomic E-state index is 0.0575. The van der Waals surface area contributed by atoms with Gasteiger partial charge in [-0.1, -0.05) is 42.3 Å². The van der Waals surface area contributed by atoms with Crippen LogP contribution in [0.25, 0.3) is 0 Å². The highest BCUT2D eigenvalue weighted by Crippen LogP contribution is 2.31. The molecule has 0 aliphatic heterocycles. The van der Waals surface area contributed by atoms with Crippen LogP contribution in [0.2, 0.25) is 10.0 Å². The Morgan fingerprint density at radius 1 is 1.10 bits per heavy atom. The average molecular weight is 326 g/mol. The van der Waals surface area contributed by atoms with Crippen LogP contribution in [0.4, 0.5) is 0 Å². The highest BCUT2D eigenvalue weighted by atomic mass is 35.5. The van der Waals surface area contributed by atoms with E-state index in [9.17, 15) is 0 Å². The van der Waals surface area contributed by atoms with Gasteiger partial charge in [-0.25, -0.2) is 0 Å². The molecule has 2 aromatic carbocycles. The smallest absolute Gasteiger partial charge is 0.0591 e. The molecule has 1 unspecified atom stereocenters. The quantitative estimate of drug-likeness (QED) is 0.737. The van der Waals surface area contributed by atoms with E-state index >= 15 is 0 Å². The number of thioether (sulfide) groups is 1. The summed E-state index contributed by atoms with van der Waals surface area (Å²) in [6.45, 7) is 2.94. The molecule has 0 heterocycles. The summed E-state index contributed by atoms with van der Waals surface area (Å²) in [7, 11) is 0. The van der Waals surface area contributed by atoms with Crippen LogP contribution in [0.5, 0.6) is 0 Å². The fourth-order valence-electron chi connectivity index (χ4n) is 2.14. The van der Waals surface area contributed by atoms with Gasteiger partial charge in [-0.15, -0.1) is 11.8 Å². The molecule has 1 atom stereocenters. The number of benzene rings is 2. The number of nitrogens with one attached hydrogen (secondary N) is 1. The van der Waals surface area contributed by atoms with E-state index in [0.717, 1.165) is 17.1 Å². The van der Waals surface area contributed by atoms with E-state index in [0.29, 0.717) is 5.02 Å². The SMILES string of the molecule is CCNC(c1ccc(SC)cc1)c1cc(Cl)ccc1Cl. The molecule has 2 aromatic rings. The summed E-state index contributed by atoms with van der Waals surface area (Å²) in [5.41, 5.74) is 2.20. The third kappa shape index (κ3) is 3.70. The predicted molar refractivity (Wildman–Crippen MR) is 90.2 cm³/mol. The van der Waals surface area contributed by atoms with Gasteiger partial charge < -0.3 is 5.32 Å². The third-order valence-corrected chi connectivity index (χ3v) is 4.45. The zero-order valence-corrected chi connectivity index (χ0v) is 13.8. The summed E-state index contributed by atoms with van der Waals surface area (Å²) in [4.78, 5) is 1.25. The second kappa shape index (κ2) is 7.37. The highest BCUT2D eigenvalue weighted by molar-refractivity contribution is 7.98. The predicted octanol–water partition coefficient (Wildman–Crippen LogP) is 5.41. The van der Waals surface area contributed by atoms with Crippen molar-refractivity contribution in [2.75, 3.05) is 12.8 Å². The Hall–Kier alpha value is -0.670. The zero-order valence-electron chi connectivity index (χ0n) is 11.5. The average Bonchev–Trinajstić information content (AvgIpc) is 2.48. The van der Waals surface area contributed by atoms with Crippen LogP contribution >= 0.6 is 35.0 Å². The van der Waals surface area contributed by atoms with Crippen LogP contribution in [0.15, 0.2) is 47.4 Å². The summed E-state index contributed by atoms with van der Waals surface area (Å²) >= 11 is 14.2. The first-order valence-electron chi connectivity index (χ1n) is 6.48. The Balaban J connectivity index is 2.41. The molecule has 0 fully saturated rings. The van der Waals surface area contributed by atoms with E-state index in [4.69, 9.17) is 23.2 Å². The first-order chi connectivity index (χ1) is 9.65. The molecule has 0 radical (unpaired) electrons. The van der Waals surface area contributed by atoms with Crippen molar-refractivity contribution in [1.29, 1.82) is 0 Å². The summed E-state index contributed by atoms with van der Waals surface area (Å²) in [6, 6.07) is 14.2. The third-order valence-electron chi connectivity index (χ3n) is 3.13. The van der Waals surface area contributed by atoms with Crippen LogP contribution < -0.4 is 5.32 Å². The van der Waals surface area contributed by atoms with E-state index in [1.54, 1.807) is 11.8 Å². The van der Waals surface area contributed by atoms with Crippen LogP contribution in [-0.4, -0.2) is 12.8 Å². The summed E-state index contributed by atoms with van der Waals surface area (Å²) < 4.78 is 0. The lowest BCUT2D eigenvalue weighted by molar-refractivity contribution is 0.630. The molecule has 0 amide bonds. The number of hydrogen-bond acceptors (Lipinski definition) is 2. The van der Waals surface area contributed by atoms with Gasteiger partial charge in [0.15, 0.2) is 0 Å². The van der Waals surface area contributed by atoms with Crippen molar-refractivity contribution in [3.05, 3.63) is 63.6 Å². The molecule has 0 aliphatic rings. The highest BCUT2D eigenvalue weighted by Gasteiger charge is 2.16. The van der Waals surface area contributed by atoms with Crippen LogP contribution in [-0.2, 0) is 0 Å². The Morgan fingerprint density at radius 3 is 2.40 bits per heavy atom. The second-order valence-corrected chi connectivity index (χ2v) is 6.15. The van der Waals surface area contributed by atoms with E-state index in [2.05, 4.69) is 42.8 Å². The van der Waals surface area contributed by atoms with Gasteiger partial charge in [-0.05, 0) is 54.3 Å². The van der Waals surface area contributed by atoms with Gasteiger partial charge in [0.1, 0.15) is 0 Å². The molecule has 0 saturated heterocycles. The van der Waals surface area contributed by atoms with Crippen molar-refractivity contribution >= 4 is 35.0 Å². The summed E-state index contributed by atoms with van der Waals surface area (Å²) in [6.07, 6.45) is 2.07. The van der Waals surface area contributed by atoms with Crippen LogP contribution in [0.1, 0.15) is 24.1 Å². The molecule has 2 rings (SSSR count). The van der Waals surface area contributed by atoms with Crippen molar-refractivity contribution in [3.8, 4) is 0 Å². The van der Waals surface area contributed by atoms with Crippen LogP contribution in [0.3, 0.4) is 0 Å². The maximum atomic E-state index is 6.33. The molecular formula is C16H17Cl2NS. The van der Waals surface area contributed by atoms with Crippen LogP contribution in [0, 0.1) is 0 Å². The van der Waals surface area contributed by atoms with E-state index < -0.39 is 0 Å². The molecule has 1 nitrogen and oxygen atoms in total. The second-order valence-electron chi connectivity index (χ2n) is 4.43. The molecule has 0 aliphatic carbocycles. The first-order valence-corrected chi connectivity index (χ1v) is 8.46. The molecule has 4 heteroatoms. The standard InChI is InChI=1S/C16H17Cl2NS/c1-3-19-16(11-4-7-13(20-2)8-5-11)14-10-12(17)6-9-15(14)18/h4-10,16,19H,3H2,1-2H3. The van der Waals surface area contributed by atoms with E-state index in [-0.39, 0.29) is 6.04 Å². The molecule has 1 N–H and O–H groups in total. The Kier molecular flexibility index (Phi) is 5.79. The molecule has 0 saturated carbocycles. The van der Waals surface area contributed by atoms with Crippen molar-refractivity contribution in [2.24, 2.45) is 0 Å². The molecule has 106 valence electrons. The van der Waals surface area contributed by atoms with Gasteiger partial charge in [-0.3, -0.25) is 0 Å². The van der Waals surface area contributed by atoms with Crippen molar-refractivity contribution in [3.63, 3.8) is 0 Å². The van der Waals surface area contributed by atoms with Gasteiger partial charge in [0.05, 0.1) is 6.04 Å². The minimum atomic E-state index is 0.0575. The molecular weight excluding hydrogens is 309 g/mol. The Labute approximate surface area is 134 Å². The van der Waals surface area contributed by atoms with Gasteiger partial charge in [0.2, 0.25) is 0 Å². The Morgan fingerprint density at radius 2 is 1.80 bits per heavy atom.